The Balaban J connectivity index is 3.23. The number of hydrogen-bond donors (Lipinski definition) is 0. The first kappa shape index (κ1) is 33.3. The molecule has 0 N–H and O–H groups in total. The van der Waals surface area contributed by atoms with Crippen molar-refractivity contribution in [1.82, 2.24) is 0 Å². The van der Waals surface area contributed by atoms with Gasteiger partial charge in [-0.1, -0.05) is 91.0 Å². The van der Waals surface area contributed by atoms with Gasteiger partial charge in [-0.3, -0.25) is 0 Å². The van der Waals surface area contributed by atoms with E-state index in [1.807, 2.05) is 30.4 Å². The molecule has 0 aliphatic carbocycles. The second-order valence-electron chi connectivity index (χ2n) is 10.6. The van der Waals surface area contributed by atoms with Crippen LogP contribution in [-0.2, 0) is 25.2 Å². The SMILES string of the molecule is C=CC[C@H](OCC#N)[C@H](CO[Si](C(C)C)(C(C)C)C(C)C)O[C@H](CC)[C@@H](CC=C)OCc1ccccc1. The summed E-state index contributed by atoms with van der Waals surface area (Å²) in [5, 5.41) is 9.21. The van der Waals surface area contributed by atoms with Crippen molar-refractivity contribution in [3.05, 3.63) is 61.2 Å². The molecular weight excluding hydrogens is 478 g/mol. The van der Waals surface area contributed by atoms with E-state index < -0.39 is 8.32 Å². The molecule has 0 heterocycles. The quantitative estimate of drug-likeness (QED) is 0.126. The molecule has 0 saturated heterocycles. The van der Waals surface area contributed by atoms with Gasteiger partial charge < -0.3 is 18.6 Å². The summed E-state index contributed by atoms with van der Waals surface area (Å²) in [6, 6.07) is 12.3. The maximum Gasteiger partial charge on any atom is 0.200 e. The predicted octanol–water partition coefficient (Wildman–Crippen LogP) is 7.99. The van der Waals surface area contributed by atoms with Gasteiger partial charge in [-0.15, -0.1) is 13.2 Å². The third kappa shape index (κ3) is 10.1. The number of benzene rings is 1. The molecule has 0 bridgehead atoms. The molecular formula is C31H51NO4Si. The Labute approximate surface area is 228 Å². The minimum absolute atomic E-state index is 0.00311. The molecule has 4 atom stereocenters. The number of hydrogen-bond acceptors (Lipinski definition) is 5. The van der Waals surface area contributed by atoms with Crippen molar-refractivity contribution in [3.63, 3.8) is 0 Å². The van der Waals surface area contributed by atoms with Crippen molar-refractivity contribution in [2.75, 3.05) is 13.2 Å². The van der Waals surface area contributed by atoms with E-state index in [2.05, 4.69) is 79.8 Å². The van der Waals surface area contributed by atoms with Crippen LogP contribution in [0.1, 0.15) is 73.3 Å². The first-order valence-corrected chi connectivity index (χ1v) is 16.0. The van der Waals surface area contributed by atoms with Gasteiger partial charge in [0.15, 0.2) is 8.32 Å². The lowest BCUT2D eigenvalue weighted by atomic mass is 10.1. The Morgan fingerprint density at radius 2 is 1.38 bits per heavy atom. The fraction of sp³-hybridized carbons (Fsp3) is 0.645. The monoisotopic (exact) mass is 529 g/mol. The summed E-state index contributed by atoms with van der Waals surface area (Å²) in [5.41, 5.74) is 2.48. The summed E-state index contributed by atoms with van der Waals surface area (Å²) in [6.07, 6.45) is 4.70. The van der Waals surface area contributed by atoms with Crippen molar-refractivity contribution in [2.24, 2.45) is 0 Å². The summed E-state index contributed by atoms with van der Waals surface area (Å²) in [4.78, 5) is 0. The second kappa shape index (κ2) is 17.7. The van der Waals surface area contributed by atoms with Crippen molar-refractivity contribution < 1.29 is 18.6 Å². The van der Waals surface area contributed by atoms with Crippen molar-refractivity contribution in [1.29, 1.82) is 5.26 Å². The Morgan fingerprint density at radius 1 is 0.838 bits per heavy atom. The molecule has 37 heavy (non-hydrogen) atoms. The number of nitriles is 1. The summed E-state index contributed by atoms with van der Waals surface area (Å²) < 4.78 is 26.1. The van der Waals surface area contributed by atoms with Crippen LogP contribution in [0.15, 0.2) is 55.6 Å². The highest BCUT2D eigenvalue weighted by atomic mass is 28.4. The summed E-state index contributed by atoms with van der Waals surface area (Å²) in [7, 11) is -2.13. The molecule has 5 nitrogen and oxygen atoms in total. The fourth-order valence-electron chi connectivity index (χ4n) is 5.54. The summed E-state index contributed by atoms with van der Waals surface area (Å²) >= 11 is 0. The highest BCUT2D eigenvalue weighted by molar-refractivity contribution is 6.77. The molecule has 0 aliphatic rings. The highest BCUT2D eigenvalue weighted by Crippen LogP contribution is 2.42. The first-order valence-electron chi connectivity index (χ1n) is 13.8. The Hall–Kier alpha value is -1.75. The average molecular weight is 530 g/mol. The lowest BCUT2D eigenvalue weighted by molar-refractivity contribution is -0.153. The van der Waals surface area contributed by atoms with Gasteiger partial charge in [-0.05, 0) is 41.4 Å². The first-order chi connectivity index (χ1) is 17.7. The molecule has 1 rings (SSSR count). The second-order valence-corrected chi connectivity index (χ2v) is 16.1. The van der Waals surface area contributed by atoms with Gasteiger partial charge in [0.05, 0.1) is 37.6 Å². The molecule has 0 aliphatic heterocycles. The van der Waals surface area contributed by atoms with Crippen molar-refractivity contribution in [3.8, 4) is 6.07 Å². The number of nitrogens with zero attached hydrogens (tertiary/aromatic N) is 1. The van der Waals surface area contributed by atoms with E-state index in [9.17, 15) is 5.26 Å². The molecule has 0 fully saturated rings. The van der Waals surface area contributed by atoms with Crippen molar-refractivity contribution >= 4 is 8.32 Å². The van der Waals surface area contributed by atoms with Gasteiger partial charge >= 0.3 is 0 Å². The molecule has 0 amide bonds. The molecule has 0 radical (unpaired) electrons. The third-order valence-corrected chi connectivity index (χ3v) is 13.3. The van der Waals surface area contributed by atoms with Crippen LogP contribution in [0.2, 0.25) is 16.6 Å². The molecule has 208 valence electrons. The van der Waals surface area contributed by atoms with Crippen LogP contribution >= 0.6 is 0 Å². The van der Waals surface area contributed by atoms with Gasteiger partial charge in [0.2, 0.25) is 0 Å². The zero-order valence-corrected chi connectivity index (χ0v) is 25.3. The lowest BCUT2D eigenvalue weighted by Gasteiger charge is -2.44. The van der Waals surface area contributed by atoms with E-state index in [-0.39, 0.29) is 31.0 Å². The fourth-order valence-corrected chi connectivity index (χ4v) is 11.0. The summed E-state index contributed by atoms with van der Waals surface area (Å²) in [5.74, 6) is 0. The zero-order chi connectivity index (χ0) is 27.8. The predicted molar refractivity (Wildman–Crippen MR) is 156 cm³/mol. The Kier molecular flexibility index (Phi) is 15.9. The van der Waals surface area contributed by atoms with E-state index in [0.717, 1.165) is 12.0 Å². The standard InChI is InChI=1S/C31H51NO4Si/c1-10-16-29(34-22-27-18-14-13-15-19-27)28(12-3)36-31(30(17-11-2)33-21-20-32)23-35-37(24(4)5,25(6)7)26(8)9/h10-11,13-15,18-19,24-26,28-31H,1-2,12,16-17,21-23H2,3-9H3/t28-,29-,30+,31+/m1/s1. The molecule has 1 aromatic rings. The van der Waals surface area contributed by atoms with Gasteiger partial charge in [0, 0.05) is 0 Å². The van der Waals surface area contributed by atoms with E-state index in [1.165, 1.54) is 0 Å². The normalized spacial score (nSPS) is 15.4. The van der Waals surface area contributed by atoms with Crippen LogP contribution in [-0.4, -0.2) is 45.9 Å². The minimum Gasteiger partial charge on any atom is -0.413 e. The number of rotatable bonds is 20. The van der Waals surface area contributed by atoms with Crippen LogP contribution in [0.3, 0.4) is 0 Å². The highest BCUT2D eigenvalue weighted by Gasteiger charge is 2.46. The minimum atomic E-state index is -2.13. The van der Waals surface area contributed by atoms with E-state index >= 15 is 0 Å². The Bertz CT molecular complexity index is 783. The number of ether oxygens (including phenoxy) is 3. The molecule has 0 unspecified atom stereocenters. The van der Waals surface area contributed by atoms with E-state index in [4.69, 9.17) is 18.6 Å². The Morgan fingerprint density at radius 3 is 1.84 bits per heavy atom. The molecule has 0 aromatic heterocycles. The maximum absolute atomic E-state index is 9.21. The summed E-state index contributed by atoms with van der Waals surface area (Å²) in [6.45, 7) is 24.6. The van der Waals surface area contributed by atoms with Crippen LogP contribution < -0.4 is 0 Å². The van der Waals surface area contributed by atoms with Crippen LogP contribution in [0.5, 0.6) is 0 Å². The molecule has 0 saturated carbocycles. The van der Waals surface area contributed by atoms with Gasteiger partial charge in [-0.2, -0.15) is 5.26 Å². The van der Waals surface area contributed by atoms with E-state index in [1.54, 1.807) is 0 Å². The maximum atomic E-state index is 9.21. The smallest absolute Gasteiger partial charge is 0.200 e. The van der Waals surface area contributed by atoms with Gasteiger partial charge in [0.25, 0.3) is 0 Å². The largest absolute Gasteiger partial charge is 0.413 e. The van der Waals surface area contributed by atoms with E-state index in [0.29, 0.717) is 42.7 Å². The molecule has 6 heteroatoms. The van der Waals surface area contributed by atoms with Gasteiger partial charge in [-0.25, -0.2) is 0 Å². The third-order valence-electron chi connectivity index (χ3n) is 7.25. The van der Waals surface area contributed by atoms with Crippen LogP contribution in [0, 0.1) is 11.3 Å². The lowest BCUT2D eigenvalue weighted by Crippen LogP contribution is -2.51. The molecule has 0 spiro atoms. The van der Waals surface area contributed by atoms with Crippen LogP contribution in [0.25, 0.3) is 0 Å². The van der Waals surface area contributed by atoms with Gasteiger partial charge in [0.1, 0.15) is 12.7 Å². The van der Waals surface area contributed by atoms with Crippen LogP contribution in [0.4, 0.5) is 0 Å². The zero-order valence-electron chi connectivity index (χ0n) is 24.3. The topological polar surface area (TPSA) is 60.7 Å². The van der Waals surface area contributed by atoms with Crippen molar-refractivity contribution in [2.45, 2.75) is 115 Å². The average Bonchev–Trinajstić information content (AvgIpc) is 2.87. The molecule has 1 aromatic carbocycles.